The molecule has 0 radical (unpaired) electrons. The fourth-order valence-corrected chi connectivity index (χ4v) is 3.72. The van der Waals surface area contributed by atoms with Crippen molar-refractivity contribution in [1.82, 2.24) is 9.97 Å². The minimum absolute atomic E-state index is 0.165. The number of aromatic amines is 1. The molecule has 0 aliphatic carbocycles. The van der Waals surface area contributed by atoms with Gasteiger partial charge in [0, 0.05) is 23.9 Å². The van der Waals surface area contributed by atoms with Crippen LogP contribution in [0.3, 0.4) is 0 Å². The first kappa shape index (κ1) is 21.2. The van der Waals surface area contributed by atoms with Gasteiger partial charge in [0.1, 0.15) is 12.4 Å². The number of anilines is 2. The zero-order chi connectivity index (χ0) is 22.0. The summed E-state index contributed by atoms with van der Waals surface area (Å²) in [6, 6.07) is 12.7. The SMILES string of the molecule is CCc1[nH]c(C(=O)Nc2ccc3c(c2)OCCN3Cc2ccc(C(O)O)cc2)nc1Cl. The number of aryl methyl sites for hydroxylation is 1. The molecule has 1 aliphatic rings. The van der Waals surface area contributed by atoms with Crippen LogP contribution in [-0.4, -0.2) is 39.2 Å². The van der Waals surface area contributed by atoms with E-state index in [1.54, 1.807) is 18.2 Å². The Morgan fingerprint density at radius 3 is 2.74 bits per heavy atom. The molecular formula is C22H23ClN4O4. The largest absolute Gasteiger partial charge is 0.489 e. The Morgan fingerprint density at radius 1 is 1.29 bits per heavy atom. The summed E-state index contributed by atoms with van der Waals surface area (Å²) in [7, 11) is 0. The van der Waals surface area contributed by atoms with Crippen LogP contribution in [0.25, 0.3) is 0 Å². The van der Waals surface area contributed by atoms with Gasteiger partial charge < -0.3 is 30.2 Å². The molecule has 2 heterocycles. The highest BCUT2D eigenvalue weighted by atomic mass is 35.5. The number of hydrogen-bond acceptors (Lipinski definition) is 6. The lowest BCUT2D eigenvalue weighted by Gasteiger charge is -2.31. The van der Waals surface area contributed by atoms with Crippen molar-refractivity contribution < 1.29 is 19.7 Å². The Bertz CT molecular complexity index is 1080. The second-order valence-electron chi connectivity index (χ2n) is 7.23. The average molecular weight is 443 g/mol. The molecule has 162 valence electrons. The normalized spacial score (nSPS) is 13.1. The fourth-order valence-electron chi connectivity index (χ4n) is 3.45. The maximum atomic E-state index is 12.5. The summed E-state index contributed by atoms with van der Waals surface area (Å²) < 4.78 is 5.81. The molecule has 31 heavy (non-hydrogen) atoms. The molecular weight excluding hydrogens is 420 g/mol. The number of H-pyrrole nitrogens is 1. The highest BCUT2D eigenvalue weighted by Gasteiger charge is 2.20. The molecule has 0 unspecified atom stereocenters. The number of ether oxygens (including phenoxy) is 1. The molecule has 1 aliphatic heterocycles. The highest BCUT2D eigenvalue weighted by molar-refractivity contribution is 6.30. The summed E-state index contributed by atoms with van der Waals surface area (Å²) >= 11 is 6.02. The molecule has 3 aromatic rings. The zero-order valence-corrected chi connectivity index (χ0v) is 17.7. The number of benzene rings is 2. The number of nitrogens with one attached hydrogen (secondary N) is 2. The fraction of sp³-hybridized carbons (Fsp3) is 0.273. The van der Waals surface area contributed by atoms with Crippen molar-refractivity contribution >= 4 is 28.9 Å². The molecule has 1 aromatic heterocycles. The van der Waals surface area contributed by atoms with Crippen molar-refractivity contribution in [1.29, 1.82) is 0 Å². The molecule has 0 saturated carbocycles. The minimum Gasteiger partial charge on any atom is -0.489 e. The standard InChI is InChI=1S/C22H23ClN4O4/c1-2-16-19(23)26-20(25-16)21(28)24-15-7-8-17-18(11-15)31-10-9-27(17)12-13-3-5-14(6-4-13)22(29)30/h3-8,11,22,29-30H,2,9-10,12H2,1H3,(H,24,28)(H,25,26). The lowest BCUT2D eigenvalue weighted by molar-refractivity contribution is -0.0424. The van der Waals surface area contributed by atoms with Gasteiger partial charge in [0.2, 0.25) is 0 Å². The summed E-state index contributed by atoms with van der Waals surface area (Å²) in [6.45, 7) is 3.81. The van der Waals surface area contributed by atoms with Crippen molar-refractivity contribution in [3.63, 3.8) is 0 Å². The number of nitrogens with zero attached hydrogens (tertiary/aromatic N) is 2. The van der Waals surface area contributed by atoms with Gasteiger partial charge in [-0.05, 0) is 24.1 Å². The number of aliphatic hydroxyl groups excluding tert-OH is 1. The first-order valence-corrected chi connectivity index (χ1v) is 10.3. The van der Waals surface area contributed by atoms with Crippen molar-refractivity contribution in [2.45, 2.75) is 26.2 Å². The molecule has 0 spiro atoms. The Hall–Kier alpha value is -3.07. The summed E-state index contributed by atoms with van der Waals surface area (Å²) in [5.74, 6) is 0.470. The van der Waals surface area contributed by atoms with Crippen LogP contribution >= 0.6 is 11.6 Å². The molecule has 0 fully saturated rings. The Balaban J connectivity index is 1.48. The third-order valence-electron chi connectivity index (χ3n) is 5.13. The monoisotopic (exact) mass is 442 g/mol. The molecule has 1 amide bonds. The molecule has 4 rings (SSSR count). The van der Waals surface area contributed by atoms with Gasteiger partial charge in [0.05, 0.1) is 17.9 Å². The van der Waals surface area contributed by atoms with Gasteiger partial charge in [0.25, 0.3) is 5.91 Å². The number of aromatic nitrogens is 2. The maximum Gasteiger partial charge on any atom is 0.291 e. The van der Waals surface area contributed by atoms with Crippen molar-refractivity contribution in [2.24, 2.45) is 0 Å². The number of fused-ring (bicyclic) bond motifs is 1. The van der Waals surface area contributed by atoms with E-state index in [0.717, 1.165) is 16.9 Å². The first-order valence-electron chi connectivity index (χ1n) is 9.97. The number of amides is 1. The average Bonchev–Trinajstić information content (AvgIpc) is 3.15. The number of carbonyl (C=O) groups excluding carboxylic acids is 1. The quantitative estimate of drug-likeness (QED) is 0.436. The van der Waals surface area contributed by atoms with Gasteiger partial charge in [-0.25, -0.2) is 4.98 Å². The van der Waals surface area contributed by atoms with Crippen LogP contribution in [0.1, 0.15) is 40.7 Å². The van der Waals surface area contributed by atoms with E-state index in [9.17, 15) is 15.0 Å². The Labute approximate surface area is 184 Å². The topological polar surface area (TPSA) is 111 Å². The van der Waals surface area contributed by atoms with E-state index in [4.69, 9.17) is 16.3 Å². The third kappa shape index (κ3) is 4.66. The van der Waals surface area contributed by atoms with Crippen LogP contribution in [0.15, 0.2) is 42.5 Å². The van der Waals surface area contributed by atoms with E-state index in [2.05, 4.69) is 20.2 Å². The first-order chi connectivity index (χ1) is 14.9. The van der Waals surface area contributed by atoms with Gasteiger partial charge in [0.15, 0.2) is 17.3 Å². The Kier molecular flexibility index (Phi) is 6.13. The van der Waals surface area contributed by atoms with Crippen LogP contribution in [0.5, 0.6) is 5.75 Å². The molecule has 0 bridgehead atoms. The van der Waals surface area contributed by atoms with E-state index in [0.29, 0.717) is 48.3 Å². The number of halogens is 1. The van der Waals surface area contributed by atoms with Crippen molar-refractivity contribution in [3.8, 4) is 5.75 Å². The van der Waals surface area contributed by atoms with E-state index in [1.807, 2.05) is 31.2 Å². The predicted octanol–water partition coefficient (Wildman–Crippen LogP) is 3.26. The van der Waals surface area contributed by atoms with Gasteiger partial charge in [-0.3, -0.25) is 4.79 Å². The van der Waals surface area contributed by atoms with E-state index < -0.39 is 6.29 Å². The number of aliphatic hydroxyl groups is 2. The van der Waals surface area contributed by atoms with E-state index in [1.165, 1.54) is 0 Å². The number of rotatable bonds is 6. The molecule has 0 saturated heterocycles. The van der Waals surface area contributed by atoms with Crippen LogP contribution in [0.2, 0.25) is 5.15 Å². The molecule has 4 N–H and O–H groups in total. The molecule has 8 nitrogen and oxygen atoms in total. The van der Waals surface area contributed by atoms with Gasteiger partial charge in [-0.15, -0.1) is 0 Å². The predicted molar refractivity (Wildman–Crippen MR) is 118 cm³/mol. The van der Waals surface area contributed by atoms with Crippen LogP contribution < -0.4 is 15.0 Å². The van der Waals surface area contributed by atoms with Crippen LogP contribution in [0, 0.1) is 0 Å². The second-order valence-corrected chi connectivity index (χ2v) is 7.59. The second kappa shape index (κ2) is 8.97. The van der Waals surface area contributed by atoms with Crippen LogP contribution in [-0.2, 0) is 13.0 Å². The molecule has 2 aromatic carbocycles. The summed E-state index contributed by atoms with van der Waals surface area (Å²) in [6.07, 6.45) is -0.817. The van der Waals surface area contributed by atoms with Gasteiger partial charge in [-0.2, -0.15) is 0 Å². The number of imidazole rings is 1. The maximum absolute atomic E-state index is 12.5. The molecule has 9 heteroatoms. The van der Waals surface area contributed by atoms with Crippen molar-refractivity contribution in [2.75, 3.05) is 23.4 Å². The summed E-state index contributed by atoms with van der Waals surface area (Å²) in [4.78, 5) is 21.7. The van der Waals surface area contributed by atoms with Gasteiger partial charge >= 0.3 is 0 Å². The van der Waals surface area contributed by atoms with Crippen molar-refractivity contribution in [3.05, 3.63) is 70.3 Å². The lowest BCUT2D eigenvalue weighted by Crippen LogP contribution is -2.32. The summed E-state index contributed by atoms with van der Waals surface area (Å²) in [5, 5.41) is 21.6. The molecule has 0 atom stereocenters. The van der Waals surface area contributed by atoms with E-state index in [-0.39, 0.29) is 11.7 Å². The third-order valence-corrected chi connectivity index (χ3v) is 5.44. The highest BCUT2D eigenvalue weighted by Crippen LogP contribution is 2.35. The zero-order valence-electron chi connectivity index (χ0n) is 16.9. The Morgan fingerprint density at radius 2 is 2.06 bits per heavy atom. The van der Waals surface area contributed by atoms with E-state index >= 15 is 0 Å². The summed E-state index contributed by atoms with van der Waals surface area (Å²) in [5.41, 5.74) is 3.73. The number of hydrogen-bond donors (Lipinski definition) is 4. The lowest BCUT2D eigenvalue weighted by atomic mass is 10.1. The smallest absolute Gasteiger partial charge is 0.291 e. The van der Waals surface area contributed by atoms with Gasteiger partial charge in [-0.1, -0.05) is 42.8 Å². The minimum atomic E-state index is -1.47. The number of carbonyl (C=O) groups is 1. The van der Waals surface area contributed by atoms with Crippen LogP contribution in [0.4, 0.5) is 11.4 Å².